The molecular formula is C51H60N4O10. The summed E-state index contributed by atoms with van der Waals surface area (Å²) in [5.74, 6) is -0.826. The van der Waals surface area contributed by atoms with Crippen molar-refractivity contribution in [3.05, 3.63) is 136 Å². The molecule has 0 radical (unpaired) electrons. The van der Waals surface area contributed by atoms with Crippen molar-refractivity contribution in [2.24, 2.45) is 22.9 Å². The van der Waals surface area contributed by atoms with E-state index in [-0.39, 0.29) is 62.8 Å². The van der Waals surface area contributed by atoms with E-state index in [1.807, 2.05) is 54.6 Å². The van der Waals surface area contributed by atoms with Crippen LogP contribution >= 0.6 is 0 Å². The number of nitrogens with zero attached hydrogens (tertiary/aromatic N) is 4. The molecule has 2 fully saturated rings. The Balaban J connectivity index is 1.31. The van der Waals surface area contributed by atoms with Gasteiger partial charge in [0, 0.05) is 62.9 Å². The molecule has 4 aromatic carbocycles. The first-order valence-electron chi connectivity index (χ1n) is 22.9. The summed E-state index contributed by atoms with van der Waals surface area (Å²) in [5, 5.41) is 38.3. The molecule has 4 aromatic rings. The normalized spacial score (nSPS) is 23.7. The van der Waals surface area contributed by atoms with E-state index in [4.69, 9.17) is 28.9 Å². The molecular weight excluding hydrogens is 829 g/mol. The summed E-state index contributed by atoms with van der Waals surface area (Å²) in [5.41, 5.74) is 4.06. The van der Waals surface area contributed by atoms with Crippen molar-refractivity contribution in [3.8, 4) is 11.5 Å². The monoisotopic (exact) mass is 888 g/mol. The Kier molecular flexibility index (Phi) is 14.8. The number of hydrogen-bond donors (Lipinski definition) is 2. The van der Waals surface area contributed by atoms with Crippen LogP contribution in [0.4, 0.5) is 10.5 Å². The third kappa shape index (κ3) is 10.1. The van der Waals surface area contributed by atoms with Gasteiger partial charge in [-0.15, -0.1) is 6.58 Å². The summed E-state index contributed by atoms with van der Waals surface area (Å²) in [7, 11) is 1.38. The Hall–Kier alpha value is -5.80. The molecule has 65 heavy (non-hydrogen) atoms. The van der Waals surface area contributed by atoms with Crippen LogP contribution in [-0.4, -0.2) is 102 Å². The van der Waals surface area contributed by atoms with Gasteiger partial charge in [0.25, 0.3) is 5.69 Å². The van der Waals surface area contributed by atoms with Crippen LogP contribution < -0.4 is 9.47 Å². The molecule has 8 rings (SSSR count). The van der Waals surface area contributed by atoms with Crippen LogP contribution in [0.1, 0.15) is 67.6 Å². The number of rotatable bonds is 22. The molecule has 2 N–H and O–H groups in total. The maximum atomic E-state index is 14.5. The van der Waals surface area contributed by atoms with Gasteiger partial charge in [-0.3, -0.25) is 19.9 Å². The minimum Gasteiger partial charge on any atom is -0.492 e. The Labute approximate surface area is 380 Å². The van der Waals surface area contributed by atoms with E-state index in [0.29, 0.717) is 36.5 Å². The Morgan fingerprint density at radius 3 is 2.52 bits per heavy atom. The largest absolute Gasteiger partial charge is 0.492 e. The van der Waals surface area contributed by atoms with Crippen molar-refractivity contribution in [3.63, 3.8) is 0 Å². The van der Waals surface area contributed by atoms with Crippen LogP contribution in [0.5, 0.6) is 11.5 Å². The van der Waals surface area contributed by atoms with Crippen LogP contribution in [0.15, 0.2) is 114 Å². The number of methoxy groups -OCH3 is 1. The zero-order valence-electron chi connectivity index (χ0n) is 37.1. The number of amides is 1. The molecule has 0 aromatic heterocycles. The number of carbonyl (C=O) groups excluding carboxylic acids is 1. The van der Waals surface area contributed by atoms with Gasteiger partial charge < -0.3 is 34.0 Å². The Morgan fingerprint density at radius 1 is 1.02 bits per heavy atom. The van der Waals surface area contributed by atoms with Gasteiger partial charge >= 0.3 is 6.09 Å². The second kappa shape index (κ2) is 21.0. The molecule has 14 heteroatoms. The smallest absolute Gasteiger partial charge is 0.410 e. The number of oxime groups is 1. The van der Waals surface area contributed by atoms with Crippen molar-refractivity contribution in [1.82, 2.24) is 9.80 Å². The lowest BCUT2D eigenvalue weighted by atomic mass is 9.55. The molecule has 4 aliphatic rings. The fourth-order valence-corrected chi connectivity index (χ4v) is 10.3. The molecule has 0 unspecified atom stereocenters. The number of non-ortho nitro benzene ring substituents is 1. The lowest BCUT2D eigenvalue weighted by Gasteiger charge is -2.59. The summed E-state index contributed by atoms with van der Waals surface area (Å²) >= 11 is 0. The molecule has 1 saturated heterocycles. The minimum atomic E-state index is -1.49. The molecule has 6 atom stereocenters. The van der Waals surface area contributed by atoms with Gasteiger partial charge in [-0.05, 0) is 95.3 Å². The fourth-order valence-electron chi connectivity index (χ4n) is 10.3. The number of hydrogen-bond acceptors (Lipinski definition) is 12. The highest BCUT2D eigenvalue weighted by molar-refractivity contribution is 6.03. The zero-order chi connectivity index (χ0) is 45.3. The maximum absolute atomic E-state index is 14.5. The number of aliphatic hydroxyl groups excluding tert-OH is 2. The van der Waals surface area contributed by atoms with Gasteiger partial charge in [-0.25, -0.2) is 4.79 Å². The van der Waals surface area contributed by atoms with Crippen LogP contribution in [0.2, 0.25) is 0 Å². The highest BCUT2D eigenvalue weighted by Crippen LogP contribution is 2.62. The Bertz CT molecular complexity index is 2360. The number of benzene rings is 4. The molecule has 2 aliphatic heterocycles. The van der Waals surface area contributed by atoms with Crippen LogP contribution in [0, 0.1) is 27.9 Å². The van der Waals surface area contributed by atoms with Gasteiger partial charge in [0.15, 0.2) is 0 Å². The number of nitro benzene ring substituents is 1. The topological polar surface area (TPSA) is 165 Å². The highest BCUT2D eigenvalue weighted by atomic mass is 16.7. The molecule has 14 nitrogen and oxygen atoms in total. The van der Waals surface area contributed by atoms with Crippen LogP contribution in [0.25, 0.3) is 10.8 Å². The number of allylic oxidation sites excluding steroid dienone is 1. The summed E-state index contributed by atoms with van der Waals surface area (Å²) in [6.45, 7) is 8.06. The van der Waals surface area contributed by atoms with E-state index in [1.165, 1.54) is 19.2 Å². The average molecular weight is 889 g/mol. The summed E-state index contributed by atoms with van der Waals surface area (Å²) in [6.07, 6.45) is 8.05. The number of unbranched alkanes of at least 4 members (excludes halogenated alkanes) is 2. The van der Waals surface area contributed by atoms with Crippen molar-refractivity contribution in [2.75, 3.05) is 53.2 Å². The summed E-state index contributed by atoms with van der Waals surface area (Å²) in [6, 6.07) is 25.5. The molecule has 1 amide bonds. The van der Waals surface area contributed by atoms with E-state index in [1.54, 1.807) is 23.1 Å². The minimum absolute atomic E-state index is 0.0221. The molecule has 344 valence electrons. The van der Waals surface area contributed by atoms with Gasteiger partial charge in [-0.1, -0.05) is 72.6 Å². The molecule has 2 aliphatic carbocycles. The SMILES string of the molecule is C=CCO[C@@]12Oc3ccc(OCCN4CC4)cc3[C@H]3[C@H](CCCCO)[C@@H](CCCCO)C=C(C(=NOCc4ccc([N+](=O)[O-])cc4)C[C@@H]1N(Cc1cccc4ccccc14)C(=O)OC)[C@H]32. The average Bonchev–Trinajstić information content (AvgIpc) is 4.16. The first kappa shape index (κ1) is 45.8. The van der Waals surface area contributed by atoms with Gasteiger partial charge in [-0.2, -0.15) is 0 Å². The Morgan fingerprint density at radius 2 is 1.78 bits per heavy atom. The third-order valence-corrected chi connectivity index (χ3v) is 13.4. The fraction of sp³-hybridized carbons (Fsp3) is 0.451. The van der Waals surface area contributed by atoms with Gasteiger partial charge in [0.2, 0.25) is 5.79 Å². The zero-order valence-corrected chi connectivity index (χ0v) is 37.1. The molecule has 1 saturated carbocycles. The van der Waals surface area contributed by atoms with Crippen molar-refractivity contribution in [2.45, 2.75) is 75.8 Å². The number of ether oxygens (including phenoxy) is 4. The third-order valence-electron chi connectivity index (χ3n) is 13.4. The summed E-state index contributed by atoms with van der Waals surface area (Å²) in [4.78, 5) is 35.7. The van der Waals surface area contributed by atoms with E-state index in [9.17, 15) is 25.1 Å². The first-order chi connectivity index (χ1) is 31.8. The second-order valence-electron chi connectivity index (χ2n) is 17.4. The van der Waals surface area contributed by atoms with Crippen molar-refractivity contribution >= 4 is 28.3 Å². The maximum Gasteiger partial charge on any atom is 0.410 e. The van der Waals surface area contributed by atoms with E-state index in [2.05, 4.69) is 23.6 Å². The lowest BCUT2D eigenvalue weighted by Crippen LogP contribution is -2.70. The predicted octanol–water partition coefficient (Wildman–Crippen LogP) is 8.54. The highest BCUT2D eigenvalue weighted by Gasteiger charge is 2.65. The standard InChI is InChI=1S/C51H60N4O10/c1-3-28-63-51-47(54(50(58)61-2)33-38-14-10-13-36-11-4-5-15-41(36)38)32-45(52-64-34-35-17-19-39(20-18-35)55(59)60)43-30-37(12-6-8-26-56)42(16-7-9-27-57)48(49(43)51)44-31-40(21-22-46(44)65-51)62-29-25-53-23-24-53/h3-5,10-11,13-15,17-22,30-31,37,42,47-49,56-57H,1,6-9,12,16,23-29,32-34H2,2H3/t37-,42+,47-,48+,49+,51+/m0/s1. The molecule has 2 heterocycles. The molecule has 0 spiro atoms. The van der Waals surface area contributed by atoms with E-state index < -0.39 is 28.8 Å². The predicted molar refractivity (Wildman–Crippen MR) is 247 cm³/mol. The van der Waals surface area contributed by atoms with E-state index >= 15 is 0 Å². The second-order valence-corrected chi connectivity index (χ2v) is 17.4. The first-order valence-corrected chi connectivity index (χ1v) is 22.9. The summed E-state index contributed by atoms with van der Waals surface area (Å²) < 4.78 is 26.6. The quantitative estimate of drug-likeness (QED) is 0.0255. The van der Waals surface area contributed by atoms with Gasteiger partial charge in [0.1, 0.15) is 30.8 Å². The van der Waals surface area contributed by atoms with Crippen molar-refractivity contribution < 1.29 is 43.7 Å². The molecule has 0 bridgehead atoms. The van der Waals surface area contributed by atoms with Crippen molar-refractivity contribution in [1.29, 1.82) is 0 Å². The number of aliphatic hydroxyl groups is 2. The van der Waals surface area contributed by atoms with Gasteiger partial charge in [0.05, 0.1) is 36.8 Å². The van der Waals surface area contributed by atoms with Crippen LogP contribution in [0.3, 0.4) is 0 Å². The van der Waals surface area contributed by atoms with E-state index in [0.717, 1.165) is 78.5 Å². The number of nitro groups is 1. The lowest BCUT2D eigenvalue weighted by molar-refractivity contribution is -0.384. The van der Waals surface area contributed by atoms with Crippen LogP contribution in [-0.2, 0) is 27.5 Å². The number of fused-ring (bicyclic) bond motifs is 3. The number of carbonyl (C=O) groups is 1.